The number of hydrogen-bond donors (Lipinski definition) is 3. The van der Waals surface area contributed by atoms with Gasteiger partial charge < -0.3 is 15.7 Å². The number of carbonyl (C=O) groups is 2. The van der Waals surface area contributed by atoms with Crippen molar-refractivity contribution in [1.29, 1.82) is 0 Å². The van der Waals surface area contributed by atoms with Gasteiger partial charge in [-0.3, -0.25) is 9.78 Å². The number of nitrogens with one attached hydrogen (secondary N) is 2. The molecule has 1 saturated carbocycles. The zero-order valence-electron chi connectivity index (χ0n) is 22.7. The van der Waals surface area contributed by atoms with Gasteiger partial charge in [0.05, 0.1) is 28.6 Å². The lowest BCUT2D eigenvalue weighted by Crippen LogP contribution is -2.30. The molecule has 0 saturated heterocycles. The number of phenols is 1. The Morgan fingerprint density at radius 3 is 2.59 bits per heavy atom. The molecule has 206 valence electrons. The van der Waals surface area contributed by atoms with Crippen LogP contribution in [0.1, 0.15) is 58.9 Å². The number of aromatic nitrogens is 4. The van der Waals surface area contributed by atoms with Gasteiger partial charge in [-0.2, -0.15) is 9.78 Å². The molecule has 3 aromatic carbocycles. The molecule has 5 aromatic rings. The number of para-hydroxylation sites is 2. The summed E-state index contributed by atoms with van der Waals surface area (Å²) in [5.74, 6) is -0.221. The van der Waals surface area contributed by atoms with E-state index in [-0.39, 0.29) is 23.4 Å². The number of aryl methyl sites for hydroxylation is 1. The molecular formula is C32H30N6O3. The zero-order valence-corrected chi connectivity index (χ0v) is 22.7. The van der Waals surface area contributed by atoms with Gasteiger partial charge in [0.1, 0.15) is 11.4 Å². The number of nitrogens with zero attached hydrogens (tertiary/aromatic N) is 4. The molecule has 1 fully saturated rings. The van der Waals surface area contributed by atoms with Gasteiger partial charge in [0, 0.05) is 23.7 Å². The van der Waals surface area contributed by atoms with Crippen LogP contribution >= 0.6 is 0 Å². The fourth-order valence-electron chi connectivity index (χ4n) is 5.36. The second kappa shape index (κ2) is 11.2. The second-order valence-corrected chi connectivity index (χ2v) is 10.4. The zero-order chi connectivity index (χ0) is 28.3. The highest BCUT2D eigenvalue weighted by atomic mass is 16.3. The quantitative estimate of drug-likeness (QED) is 0.219. The summed E-state index contributed by atoms with van der Waals surface area (Å²) in [4.78, 5) is 35.0. The van der Waals surface area contributed by atoms with E-state index in [2.05, 4.69) is 25.7 Å². The van der Waals surface area contributed by atoms with Gasteiger partial charge in [-0.1, -0.05) is 54.8 Å². The Bertz CT molecular complexity index is 1760. The van der Waals surface area contributed by atoms with Crippen molar-refractivity contribution in [2.24, 2.45) is 0 Å². The minimum atomic E-state index is -0.424. The van der Waals surface area contributed by atoms with Crippen molar-refractivity contribution in [1.82, 2.24) is 25.1 Å². The minimum absolute atomic E-state index is 0.00344. The van der Waals surface area contributed by atoms with Crippen LogP contribution in [0.25, 0.3) is 22.3 Å². The molecule has 2 aromatic heterocycles. The maximum absolute atomic E-state index is 13.3. The number of rotatable bonds is 6. The molecule has 0 radical (unpaired) electrons. The van der Waals surface area contributed by atoms with Crippen molar-refractivity contribution < 1.29 is 14.7 Å². The van der Waals surface area contributed by atoms with Gasteiger partial charge in [0.25, 0.3) is 5.91 Å². The van der Waals surface area contributed by atoms with Gasteiger partial charge in [0.15, 0.2) is 0 Å². The van der Waals surface area contributed by atoms with Crippen LogP contribution in [-0.4, -0.2) is 36.8 Å². The SMILES string of the molecule is Cc1cccc(CNC(=O)n2nc(-c3cc(NC(=O)c4cnc5ccccc5n4)ccc3O)cc2C2CCCC2)c1. The lowest BCUT2D eigenvalue weighted by Gasteiger charge is -2.12. The monoisotopic (exact) mass is 546 g/mol. The number of phenolic OH excluding ortho intramolecular Hbond substituents is 1. The highest BCUT2D eigenvalue weighted by Crippen LogP contribution is 2.38. The molecule has 9 nitrogen and oxygen atoms in total. The summed E-state index contributed by atoms with van der Waals surface area (Å²) in [5, 5.41) is 21.2. The predicted molar refractivity (Wildman–Crippen MR) is 157 cm³/mol. The number of carbonyl (C=O) groups excluding carboxylic acids is 2. The van der Waals surface area contributed by atoms with E-state index in [1.54, 1.807) is 18.2 Å². The summed E-state index contributed by atoms with van der Waals surface area (Å²) in [6.45, 7) is 2.39. The molecule has 9 heteroatoms. The summed E-state index contributed by atoms with van der Waals surface area (Å²) in [5.41, 5.74) is 5.78. The summed E-state index contributed by atoms with van der Waals surface area (Å²) in [7, 11) is 0. The number of benzene rings is 3. The van der Waals surface area contributed by atoms with E-state index in [4.69, 9.17) is 0 Å². The van der Waals surface area contributed by atoms with E-state index in [0.717, 1.165) is 42.5 Å². The maximum Gasteiger partial charge on any atom is 0.342 e. The van der Waals surface area contributed by atoms with Crippen molar-refractivity contribution in [2.75, 3.05) is 5.32 Å². The number of hydrogen-bond acceptors (Lipinski definition) is 6. The Balaban J connectivity index is 1.27. The third-order valence-electron chi connectivity index (χ3n) is 7.44. The van der Waals surface area contributed by atoms with E-state index in [1.165, 1.54) is 16.9 Å². The predicted octanol–water partition coefficient (Wildman–Crippen LogP) is 6.18. The van der Waals surface area contributed by atoms with E-state index in [9.17, 15) is 14.7 Å². The van der Waals surface area contributed by atoms with Crippen LogP contribution in [0.2, 0.25) is 0 Å². The third kappa shape index (κ3) is 5.65. The Labute approximate surface area is 237 Å². The lowest BCUT2D eigenvalue weighted by atomic mass is 10.0. The van der Waals surface area contributed by atoms with Crippen LogP contribution in [0.15, 0.2) is 79.0 Å². The fourth-order valence-corrected chi connectivity index (χ4v) is 5.36. The molecule has 6 rings (SSSR count). The van der Waals surface area contributed by atoms with Crippen molar-refractivity contribution in [2.45, 2.75) is 45.1 Å². The first kappa shape index (κ1) is 26.2. The van der Waals surface area contributed by atoms with E-state index >= 15 is 0 Å². The van der Waals surface area contributed by atoms with E-state index in [1.807, 2.05) is 55.5 Å². The van der Waals surface area contributed by atoms with Crippen molar-refractivity contribution in [3.05, 3.63) is 102 Å². The molecule has 1 aliphatic rings. The Hall–Kier alpha value is -5.05. The normalized spacial score (nSPS) is 13.4. The van der Waals surface area contributed by atoms with Crippen LogP contribution in [0.4, 0.5) is 10.5 Å². The molecule has 0 spiro atoms. The molecule has 0 unspecified atom stereocenters. The second-order valence-electron chi connectivity index (χ2n) is 10.4. The van der Waals surface area contributed by atoms with Crippen LogP contribution in [0, 0.1) is 6.92 Å². The summed E-state index contributed by atoms with van der Waals surface area (Å²) < 4.78 is 1.43. The van der Waals surface area contributed by atoms with Crippen molar-refractivity contribution >= 4 is 28.7 Å². The topological polar surface area (TPSA) is 122 Å². The summed E-state index contributed by atoms with van der Waals surface area (Å²) in [6, 6.07) is 21.6. The molecule has 0 aliphatic heterocycles. The summed E-state index contributed by atoms with van der Waals surface area (Å²) >= 11 is 0. The molecule has 2 amide bonds. The Kier molecular flexibility index (Phi) is 7.16. The highest BCUT2D eigenvalue weighted by Gasteiger charge is 2.26. The number of anilines is 1. The van der Waals surface area contributed by atoms with Gasteiger partial charge in [-0.25, -0.2) is 9.78 Å². The third-order valence-corrected chi connectivity index (χ3v) is 7.44. The summed E-state index contributed by atoms with van der Waals surface area (Å²) in [6.07, 6.45) is 5.58. The Morgan fingerprint density at radius 2 is 1.78 bits per heavy atom. The molecular weight excluding hydrogens is 516 g/mol. The van der Waals surface area contributed by atoms with Crippen LogP contribution < -0.4 is 10.6 Å². The van der Waals surface area contributed by atoms with Crippen LogP contribution in [-0.2, 0) is 6.54 Å². The first-order chi connectivity index (χ1) is 19.9. The first-order valence-corrected chi connectivity index (χ1v) is 13.7. The molecule has 0 atom stereocenters. The smallest absolute Gasteiger partial charge is 0.342 e. The standard InChI is InChI=1S/C32H30N6O3/c1-20-7-6-8-21(15-20)18-34-32(41)38-29(22-9-2-3-10-22)17-27(37-38)24-16-23(13-14-30(24)39)35-31(40)28-19-33-25-11-4-5-12-26(25)36-28/h4-8,11-17,19,22,39H,2-3,9-10,18H2,1H3,(H,34,41)(H,35,40). The largest absolute Gasteiger partial charge is 0.507 e. The van der Waals surface area contributed by atoms with Crippen molar-refractivity contribution in [3.63, 3.8) is 0 Å². The van der Waals surface area contributed by atoms with Crippen molar-refractivity contribution in [3.8, 4) is 17.0 Å². The number of aromatic hydroxyl groups is 1. The Morgan fingerprint density at radius 1 is 0.976 bits per heavy atom. The minimum Gasteiger partial charge on any atom is -0.507 e. The van der Waals surface area contributed by atoms with E-state index < -0.39 is 5.91 Å². The fraction of sp³-hybridized carbons (Fsp3) is 0.219. The number of fused-ring (bicyclic) bond motifs is 1. The first-order valence-electron chi connectivity index (χ1n) is 13.7. The highest BCUT2D eigenvalue weighted by molar-refractivity contribution is 6.04. The molecule has 3 N–H and O–H groups in total. The average molecular weight is 547 g/mol. The van der Waals surface area contributed by atoms with Gasteiger partial charge in [0.2, 0.25) is 0 Å². The van der Waals surface area contributed by atoms with Gasteiger partial charge in [-0.15, -0.1) is 0 Å². The van der Waals surface area contributed by atoms with Gasteiger partial charge >= 0.3 is 6.03 Å². The van der Waals surface area contributed by atoms with Gasteiger partial charge in [-0.05, 0) is 61.7 Å². The van der Waals surface area contributed by atoms with Crippen LogP contribution in [0.5, 0.6) is 5.75 Å². The lowest BCUT2D eigenvalue weighted by molar-refractivity contribution is 0.102. The van der Waals surface area contributed by atoms with Crippen LogP contribution in [0.3, 0.4) is 0 Å². The molecule has 41 heavy (non-hydrogen) atoms. The molecule has 1 aliphatic carbocycles. The van der Waals surface area contributed by atoms with E-state index in [0.29, 0.717) is 34.5 Å². The number of amides is 2. The molecule has 0 bridgehead atoms. The average Bonchev–Trinajstić information content (AvgIpc) is 3.67. The molecule has 2 heterocycles. The maximum atomic E-state index is 13.3.